The Morgan fingerprint density at radius 3 is 2.42 bits per heavy atom. The van der Waals surface area contributed by atoms with Crippen molar-refractivity contribution >= 4 is 0 Å². The number of aromatic nitrogens is 3. The van der Waals surface area contributed by atoms with E-state index < -0.39 is 0 Å². The van der Waals surface area contributed by atoms with E-state index in [1.54, 1.807) is 0 Å². The fourth-order valence-electron chi connectivity index (χ4n) is 3.27. The first-order valence-electron chi connectivity index (χ1n) is 8.87. The van der Waals surface area contributed by atoms with Crippen LogP contribution < -0.4 is 0 Å². The molecule has 0 atom stereocenters. The molecule has 1 heterocycles. The number of nitrogens with zero attached hydrogens (tertiary/aromatic N) is 5. The van der Waals surface area contributed by atoms with Crippen LogP contribution in [0.4, 0.5) is 0 Å². The molecule has 3 rings (SSSR count). The first-order chi connectivity index (χ1) is 11.5. The molecule has 1 fully saturated rings. The van der Waals surface area contributed by atoms with Gasteiger partial charge in [0.05, 0.1) is 5.69 Å². The molecule has 0 spiro atoms. The molecule has 130 valence electrons. The van der Waals surface area contributed by atoms with Crippen LogP contribution in [-0.2, 0) is 6.42 Å². The molecule has 0 bridgehead atoms. The smallest absolute Gasteiger partial charge is 0.151 e. The summed E-state index contributed by atoms with van der Waals surface area (Å²) in [5.41, 5.74) is 1.12. The van der Waals surface area contributed by atoms with Crippen molar-refractivity contribution in [1.29, 1.82) is 0 Å². The maximum Gasteiger partial charge on any atom is 0.151 e. The van der Waals surface area contributed by atoms with Gasteiger partial charge in [0.1, 0.15) is 5.82 Å². The first kappa shape index (κ1) is 17.1. The lowest BCUT2D eigenvalue weighted by atomic mass is 9.79. The highest BCUT2D eigenvalue weighted by molar-refractivity contribution is 5.32. The lowest BCUT2D eigenvalue weighted by Gasteiger charge is -2.39. The van der Waals surface area contributed by atoms with Crippen LogP contribution in [0.25, 0.3) is 5.69 Å². The van der Waals surface area contributed by atoms with Crippen molar-refractivity contribution < 1.29 is 0 Å². The Hall–Kier alpha value is -1.72. The zero-order valence-corrected chi connectivity index (χ0v) is 15.3. The van der Waals surface area contributed by atoms with Crippen LogP contribution in [0.3, 0.4) is 0 Å². The maximum atomic E-state index is 4.91. The Labute approximate surface area is 145 Å². The van der Waals surface area contributed by atoms with Crippen LogP contribution in [0.2, 0.25) is 0 Å². The third-order valence-electron chi connectivity index (χ3n) is 4.89. The molecule has 5 nitrogen and oxygen atoms in total. The van der Waals surface area contributed by atoms with E-state index in [9.17, 15) is 0 Å². The van der Waals surface area contributed by atoms with Crippen LogP contribution in [0.5, 0.6) is 0 Å². The van der Waals surface area contributed by atoms with Crippen LogP contribution in [0.1, 0.15) is 36.8 Å². The molecular weight excluding hydrogens is 298 g/mol. The van der Waals surface area contributed by atoms with Gasteiger partial charge in [0.2, 0.25) is 0 Å². The zero-order valence-electron chi connectivity index (χ0n) is 15.3. The predicted octanol–water partition coefficient (Wildman–Crippen LogP) is 2.57. The van der Waals surface area contributed by atoms with Gasteiger partial charge in [-0.05, 0) is 66.1 Å². The van der Waals surface area contributed by atoms with Gasteiger partial charge in [-0.1, -0.05) is 18.2 Å². The quantitative estimate of drug-likeness (QED) is 0.783. The second kappa shape index (κ2) is 7.45. The Kier molecular flexibility index (Phi) is 5.31. The number of benzene rings is 1. The maximum absolute atomic E-state index is 4.91. The standard InChI is InChI=1S/C19H29N5/c1-22(2)12-8-11-18-20-19(15-13-17(14-15)23(3)4)24(21-18)16-9-6-5-7-10-16/h5-7,9-10,15,17H,8,11-14H2,1-4H3. The fourth-order valence-corrected chi connectivity index (χ4v) is 3.27. The highest BCUT2D eigenvalue weighted by Gasteiger charge is 2.35. The molecular formula is C19H29N5. The van der Waals surface area contributed by atoms with Crippen LogP contribution in [0, 0.1) is 0 Å². The molecule has 0 unspecified atom stereocenters. The lowest BCUT2D eigenvalue weighted by molar-refractivity contribution is 0.160. The molecule has 1 aromatic carbocycles. The summed E-state index contributed by atoms with van der Waals surface area (Å²) in [7, 11) is 8.54. The molecule has 5 heteroatoms. The summed E-state index contributed by atoms with van der Waals surface area (Å²) >= 11 is 0. The van der Waals surface area contributed by atoms with Gasteiger partial charge in [-0.3, -0.25) is 0 Å². The van der Waals surface area contributed by atoms with E-state index in [4.69, 9.17) is 10.1 Å². The van der Waals surface area contributed by atoms with Gasteiger partial charge in [0.25, 0.3) is 0 Å². The zero-order chi connectivity index (χ0) is 17.1. The number of hydrogen-bond donors (Lipinski definition) is 0. The Morgan fingerprint density at radius 1 is 1.08 bits per heavy atom. The fraction of sp³-hybridized carbons (Fsp3) is 0.579. The molecule has 24 heavy (non-hydrogen) atoms. The van der Waals surface area contributed by atoms with E-state index in [2.05, 4.69) is 66.9 Å². The lowest BCUT2D eigenvalue weighted by Crippen LogP contribution is -2.40. The molecule has 0 N–H and O–H groups in total. The van der Waals surface area contributed by atoms with Crippen molar-refractivity contribution in [3.63, 3.8) is 0 Å². The largest absolute Gasteiger partial charge is 0.309 e. The number of para-hydroxylation sites is 1. The summed E-state index contributed by atoms with van der Waals surface area (Å²) in [6.07, 6.45) is 4.39. The topological polar surface area (TPSA) is 37.2 Å². The Bertz CT molecular complexity index is 641. The number of hydrogen-bond acceptors (Lipinski definition) is 4. The van der Waals surface area contributed by atoms with E-state index in [0.717, 1.165) is 36.7 Å². The monoisotopic (exact) mass is 327 g/mol. The van der Waals surface area contributed by atoms with Gasteiger partial charge in [0, 0.05) is 18.4 Å². The second-order valence-electron chi connectivity index (χ2n) is 7.33. The van der Waals surface area contributed by atoms with E-state index in [1.165, 1.54) is 12.8 Å². The molecule has 1 aliphatic rings. The highest BCUT2D eigenvalue weighted by atomic mass is 15.4. The summed E-state index contributed by atoms with van der Waals surface area (Å²) in [5, 5.41) is 4.82. The van der Waals surface area contributed by atoms with Crippen molar-refractivity contribution in [3.05, 3.63) is 42.0 Å². The van der Waals surface area contributed by atoms with Gasteiger partial charge in [0.15, 0.2) is 5.82 Å². The average molecular weight is 327 g/mol. The average Bonchev–Trinajstić information content (AvgIpc) is 2.89. The third kappa shape index (κ3) is 3.84. The highest BCUT2D eigenvalue weighted by Crippen LogP contribution is 2.38. The number of rotatable bonds is 7. The van der Waals surface area contributed by atoms with E-state index in [0.29, 0.717) is 12.0 Å². The Balaban J connectivity index is 1.79. The van der Waals surface area contributed by atoms with Gasteiger partial charge >= 0.3 is 0 Å². The minimum Gasteiger partial charge on any atom is -0.309 e. The van der Waals surface area contributed by atoms with Crippen molar-refractivity contribution in [2.45, 2.75) is 37.6 Å². The minimum atomic E-state index is 0.521. The summed E-state index contributed by atoms with van der Waals surface area (Å²) in [5.74, 6) is 2.64. The minimum absolute atomic E-state index is 0.521. The van der Waals surface area contributed by atoms with Crippen molar-refractivity contribution in [1.82, 2.24) is 24.6 Å². The van der Waals surface area contributed by atoms with E-state index in [1.807, 2.05) is 6.07 Å². The molecule has 2 aromatic rings. The van der Waals surface area contributed by atoms with Crippen molar-refractivity contribution in [2.75, 3.05) is 34.7 Å². The van der Waals surface area contributed by atoms with Gasteiger partial charge in [-0.25, -0.2) is 9.67 Å². The second-order valence-corrected chi connectivity index (χ2v) is 7.33. The normalized spacial score (nSPS) is 20.6. The Morgan fingerprint density at radius 2 is 1.79 bits per heavy atom. The van der Waals surface area contributed by atoms with Crippen LogP contribution >= 0.6 is 0 Å². The van der Waals surface area contributed by atoms with Crippen molar-refractivity contribution in [2.24, 2.45) is 0 Å². The summed E-state index contributed by atoms with van der Waals surface area (Å²) in [6.45, 7) is 1.07. The third-order valence-corrected chi connectivity index (χ3v) is 4.89. The predicted molar refractivity (Wildman–Crippen MR) is 97.7 cm³/mol. The molecule has 0 radical (unpaired) electrons. The van der Waals surface area contributed by atoms with E-state index in [-0.39, 0.29) is 0 Å². The summed E-state index contributed by atoms with van der Waals surface area (Å²) in [4.78, 5) is 9.44. The molecule has 1 saturated carbocycles. The van der Waals surface area contributed by atoms with Crippen LogP contribution in [-0.4, -0.2) is 65.3 Å². The molecule has 0 aliphatic heterocycles. The van der Waals surface area contributed by atoms with E-state index >= 15 is 0 Å². The van der Waals surface area contributed by atoms with Crippen molar-refractivity contribution in [3.8, 4) is 5.69 Å². The molecule has 0 amide bonds. The van der Waals surface area contributed by atoms with Gasteiger partial charge in [-0.15, -0.1) is 0 Å². The van der Waals surface area contributed by atoms with Gasteiger partial charge in [-0.2, -0.15) is 5.10 Å². The summed E-state index contributed by atoms with van der Waals surface area (Å²) < 4.78 is 2.07. The van der Waals surface area contributed by atoms with Gasteiger partial charge < -0.3 is 9.80 Å². The SMILES string of the molecule is CN(C)CCCc1nc(C2CC(N(C)C)C2)n(-c2ccccc2)n1. The van der Waals surface area contributed by atoms with Crippen LogP contribution in [0.15, 0.2) is 30.3 Å². The molecule has 1 aliphatic carbocycles. The number of aryl methyl sites for hydroxylation is 1. The molecule has 1 aromatic heterocycles. The summed E-state index contributed by atoms with van der Waals surface area (Å²) in [6, 6.07) is 11.1. The molecule has 0 saturated heterocycles. The first-order valence-corrected chi connectivity index (χ1v) is 8.87.